The molecule has 1 unspecified atom stereocenters. The molecule has 3 aromatic rings. The number of methoxy groups -OCH3 is 1. The Balaban J connectivity index is 2.06. The highest BCUT2D eigenvalue weighted by Crippen LogP contribution is 2.31. The van der Waals surface area contributed by atoms with Crippen LogP contribution in [0.15, 0.2) is 53.3 Å². The van der Waals surface area contributed by atoms with Crippen LogP contribution in [0.1, 0.15) is 34.7 Å². The lowest BCUT2D eigenvalue weighted by Gasteiger charge is -2.17. The van der Waals surface area contributed by atoms with Crippen LogP contribution in [0.2, 0.25) is 5.02 Å². The first-order valence-corrected chi connectivity index (χ1v) is 8.72. The number of nitrogens with one attached hydrogen (secondary N) is 2. The van der Waals surface area contributed by atoms with Gasteiger partial charge in [0.15, 0.2) is 0 Å². The fourth-order valence-corrected chi connectivity index (χ4v) is 3.27. The van der Waals surface area contributed by atoms with Gasteiger partial charge in [-0.25, -0.2) is 4.39 Å². The van der Waals surface area contributed by atoms with Crippen molar-refractivity contribution in [2.75, 3.05) is 7.11 Å². The van der Waals surface area contributed by atoms with E-state index in [1.807, 2.05) is 30.3 Å². The van der Waals surface area contributed by atoms with Gasteiger partial charge < -0.3 is 9.84 Å². The van der Waals surface area contributed by atoms with Gasteiger partial charge in [-0.1, -0.05) is 48.0 Å². The Labute approximate surface area is 160 Å². The summed E-state index contributed by atoms with van der Waals surface area (Å²) in [6.45, 7) is 0. The van der Waals surface area contributed by atoms with Gasteiger partial charge in [0, 0.05) is 23.6 Å². The molecular formula is C20H18ClFN2O3. The second-order valence-corrected chi connectivity index (χ2v) is 6.55. The van der Waals surface area contributed by atoms with Crippen LogP contribution in [-0.2, 0) is 16.0 Å². The number of hydrogen-bond donors (Lipinski definition) is 2. The fraction of sp³-hybridized carbons (Fsp3) is 0.200. The number of esters is 1. The Morgan fingerprint density at radius 2 is 1.93 bits per heavy atom. The van der Waals surface area contributed by atoms with Crippen LogP contribution in [0.25, 0.3) is 0 Å². The van der Waals surface area contributed by atoms with Gasteiger partial charge in [0.1, 0.15) is 5.82 Å². The van der Waals surface area contributed by atoms with Gasteiger partial charge in [0.25, 0.3) is 5.56 Å². The maximum Gasteiger partial charge on any atom is 0.306 e. The summed E-state index contributed by atoms with van der Waals surface area (Å²) in [5.41, 5.74) is 2.29. The molecule has 1 atom stereocenters. The molecule has 2 aromatic carbocycles. The number of halogens is 2. The Morgan fingerprint density at radius 1 is 1.19 bits per heavy atom. The van der Waals surface area contributed by atoms with Crippen molar-refractivity contribution in [1.29, 1.82) is 0 Å². The van der Waals surface area contributed by atoms with E-state index in [0.717, 1.165) is 5.56 Å². The maximum absolute atomic E-state index is 13.6. The minimum atomic E-state index is -0.621. The van der Waals surface area contributed by atoms with E-state index >= 15 is 0 Å². The summed E-state index contributed by atoms with van der Waals surface area (Å²) < 4.78 is 18.4. The van der Waals surface area contributed by atoms with E-state index in [4.69, 9.17) is 16.3 Å². The fourth-order valence-electron chi connectivity index (χ4n) is 3.08. The molecule has 0 spiro atoms. The van der Waals surface area contributed by atoms with E-state index in [2.05, 4.69) is 10.2 Å². The molecule has 7 heteroatoms. The summed E-state index contributed by atoms with van der Waals surface area (Å²) in [4.78, 5) is 24.5. The first kappa shape index (κ1) is 18.9. The Morgan fingerprint density at radius 3 is 2.59 bits per heavy atom. The van der Waals surface area contributed by atoms with Crippen LogP contribution in [0.4, 0.5) is 4.39 Å². The average Bonchev–Trinajstić information content (AvgIpc) is 3.02. The van der Waals surface area contributed by atoms with E-state index in [9.17, 15) is 14.0 Å². The molecule has 2 N–H and O–H groups in total. The smallest absolute Gasteiger partial charge is 0.306 e. The van der Waals surface area contributed by atoms with Gasteiger partial charge in [0.05, 0.1) is 18.6 Å². The van der Waals surface area contributed by atoms with Crippen molar-refractivity contribution in [2.45, 2.75) is 18.8 Å². The highest BCUT2D eigenvalue weighted by molar-refractivity contribution is 6.30. The first-order valence-electron chi connectivity index (χ1n) is 8.34. The third kappa shape index (κ3) is 4.28. The molecule has 0 saturated heterocycles. The summed E-state index contributed by atoms with van der Waals surface area (Å²) in [5.74, 6) is -1.67. The number of benzene rings is 2. The largest absolute Gasteiger partial charge is 0.469 e. The molecule has 1 aromatic heterocycles. The molecule has 0 fully saturated rings. The van der Waals surface area contributed by atoms with Gasteiger partial charge in [-0.05, 0) is 23.3 Å². The lowest BCUT2D eigenvalue weighted by atomic mass is 9.87. The number of carbonyl (C=O) groups excluding carboxylic acids is 1. The van der Waals surface area contributed by atoms with E-state index in [-0.39, 0.29) is 17.0 Å². The molecule has 0 aliphatic heterocycles. The number of rotatable bonds is 6. The summed E-state index contributed by atoms with van der Waals surface area (Å²) >= 11 is 5.91. The minimum Gasteiger partial charge on any atom is -0.469 e. The summed E-state index contributed by atoms with van der Waals surface area (Å²) in [7, 11) is 1.28. The molecule has 0 amide bonds. The maximum atomic E-state index is 13.6. The van der Waals surface area contributed by atoms with Crippen LogP contribution in [0, 0.1) is 5.82 Å². The first-order chi connectivity index (χ1) is 13.0. The van der Waals surface area contributed by atoms with Gasteiger partial charge in [-0.15, -0.1) is 0 Å². The van der Waals surface area contributed by atoms with Gasteiger partial charge in [0.2, 0.25) is 0 Å². The molecule has 1 heterocycles. The molecule has 27 heavy (non-hydrogen) atoms. The van der Waals surface area contributed by atoms with Crippen LogP contribution >= 0.6 is 11.6 Å². The predicted octanol–water partition coefficient (Wildman–Crippen LogP) is 3.78. The summed E-state index contributed by atoms with van der Waals surface area (Å²) in [6, 6.07) is 13.8. The average molecular weight is 389 g/mol. The van der Waals surface area contributed by atoms with Crippen molar-refractivity contribution in [3.63, 3.8) is 0 Å². The lowest BCUT2D eigenvalue weighted by molar-refractivity contribution is -0.140. The van der Waals surface area contributed by atoms with Crippen LogP contribution in [-0.4, -0.2) is 23.3 Å². The Hall–Kier alpha value is -2.86. The van der Waals surface area contributed by atoms with Crippen molar-refractivity contribution >= 4 is 17.6 Å². The molecule has 140 valence electrons. The highest BCUT2D eigenvalue weighted by atomic mass is 35.5. The number of aromatic nitrogens is 2. The molecule has 0 aliphatic rings. The summed E-state index contributed by atoms with van der Waals surface area (Å²) in [5, 5.41) is 5.41. The van der Waals surface area contributed by atoms with Crippen molar-refractivity contribution < 1.29 is 13.9 Å². The molecule has 0 saturated carbocycles. The SMILES string of the molecule is COC(=O)CC(c1ccc(F)c(Cl)c1)c1c(Cc2ccccc2)[nH][nH]c1=O. The molecule has 0 bridgehead atoms. The Kier molecular flexibility index (Phi) is 5.76. The van der Waals surface area contributed by atoms with E-state index < -0.39 is 17.7 Å². The van der Waals surface area contributed by atoms with E-state index in [1.165, 1.54) is 25.3 Å². The molecular weight excluding hydrogens is 371 g/mol. The van der Waals surface area contributed by atoms with E-state index in [1.54, 1.807) is 0 Å². The standard InChI is InChI=1S/C20H18ClFN2O3/c1-27-18(25)11-14(13-7-8-16(22)15(21)10-13)19-17(23-24-20(19)26)9-12-5-3-2-4-6-12/h2-8,10,14H,9,11H2,1H3,(H2,23,24,26). The van der Waals surface area contributed by atoms with Crippen molar-refractivity contribution in [2.24, 2.45) is 0 Å². The topological polar surface area (TPSA) is 75.0 Å². The predicted molar refractivity (Wildman–Crippen MR) is 101 cm³/mol. The number of carbonyl (C=O) groups is 1. The lowest BCUT2D eigenvalue weighted by Crippen LogP contribution is -2.18. The second-order valence-electron chi connectivity index (χ2n) is 6.14. The second kappa shape index (κ2) is 8.22. The number of aromatic amines is 2. The molecule has 0 aliphatic carbocycles. The monoisotopic (exact) mass is 388 g/mol. The third-order valence-electron chi connectivity index (χ3n) is 4.41. The normalized spacial score (nSPS) is 12.0. The highest BCUT2D eigenvalue weighted by Gasteiger charge is 2.26. The number of ether oxygens (including phenoxy) is 1. The van der Waals surface area contributed by atoms with Gasteiger partial charge in [-0.3, -0.25) is 14.7 Å². The quantitative estimate of drug-likeness (QED) is 0.631. The minimum absolute atomic E-state index is 0.0683. The van der Waals surface area contributed by atoms with Crippen molar-refractivity contribution in [3.8, 4) is 0 Å². The van der Waals surface area contributed by atoms with Crippen LogP contribution in [0.5, 0.6) is 0 Å². The van der Waals surface area contributed by atoms with Gasteiger partial charge >= 0.3 is 5.97 Å². The Bertz CT molecular complexity index is 998. The number of hydrogen-bond acceptors (Lipinski definition) is 3. The van der Waals surface area contributed by atoms with Crippen LogP contribution < -0.4 is 5.56 Å². The zero-order valence-corrected chi connectivity index (χ0v) is 15.3. The van der Waals surface area contributed by atoms with Crippen molar-refractivity contribution in [1.82, 2.24) is 10.2 Å². The zero-order chi connectivity index (χ0) is 19.4. The van der Waals surface area contributed by atoms with E-state index in [0.29, 0.717) is 23.2 Å². The number of H-pyrrole nitrogens is 2. The summed E-state index contributed by atoms with van der Waals surface area (Å²) in [6.07, 6.45) is 0.405. The van der Waals surface area contributed by atoms with Gasteiger partial charge in [-0.2, -0.15) is 0 Å². The third-order valence-corrected chi connectivity index (χ3v) is 4.70. The molecule has 3 rings (SSSR count). The molecule has 5 nitrogen and oxygen atoms in total. The molecule has 0 radical (unpaired) electrons. The zero-order valence-electron chi connectivity index (χ0n) is 14.6. The van der Waals surface area contributed by atoms with Crippen molar-refractivity contribution in [3.05, 3.63) is 92.1 Å². The van der Waals surface area contributed by atoms with Crippen LogP contribution in [0.3, 0.4) is 0 Å².